The number of halogens is 1. The number of rotatable bonds is 12. The van der Waals surface area contributed by atoms with Crippen molar-refractivity contribution >= 4 is 11.7 Å². The predicted octanol–water partition coefficient (Wildman–Crippen LogP) is 5.75. The van der Waals surface area contributed by atoms with Gasteiger partial charge in [-0.1, -0.05) is 56.3 Å². The molecule has 6 nitrogen and oxygen atoms in total. The largest absolute Gasteiger partial charge is 0.347 e. The number of pyridine rings is 1. The minimum absolute atomic E-state index is 0.0335. The smallest absolute Gasteiger partial charge is 0.251 e. The molecule has 2 atom stereocenters. The SMILES string of the molecule is CC(=O)C[C@H](NC(=O)C(CC(C)C)n1cc(CCN2CC(F)C2)ccc1=O)c1cccc(-c2c(C)cccc2C)c1. The number of carbonyl (C=O) groups is 2. The molecule has 0 radical (unpaired) electrons. The maximum atomic E-state index is 13.9. The lowest BCUT2D eigenvalue weighted by molar-refractivity contribution is -0.126. The third kappa shape index (κ3) is 7.79. The van der Waals surface area contributed by atoms with E-state index in [2.05, 4.69) is 31.3 Å². The van der Waals surface area contributed by atoms with Crippen LogP contribution < -0.4 is 10.9 Å². The Morgan fingerprint density at radius 1 is 1.02 bits per heavy atom. The van der Waals surface area contributed by atoms with Crippen LogP contribution in [0, 0.1) is 19.8 Å². The van der Waals surface area contributed by atoms with Crippen LogP contribution in [0.1, 0.15) is 68.0 Å². The lowest BCUT2D eigenvalue weighted by Crippen LogP contribution is -2.49. The van der Waals surface area contributed by atoms with Crippen molar-refractivity contribution in [2.75, 3.05) is 19.6 Å². The highest BCUT2D eigenvalue weighted by Gasteiger charge is 2.28. The molecule has 0 bridgehead atoms. The van der Waals surface area contributed by atoms with Gasteiger partial charge in [-0.3, -0.25) is 19.3 Å². The van der Waals surface area contributed by atoms with Crippen LogP contribution in [0.2, 0.25) is 0 Å². The van der Waals surface area contributed by atoms with Crippen molar-refractivity contribution in [2.45, 2.75) is 72.1 Å². The molecule has 1 aliphatic heterocycles. The number of hydrogen-bond acceptors (Lipinski definition) is 4. The van der Waals surface area contributed by atoms with Gasteiger partial charge in [-0.15, -0.1) is 0 Å². The molecular weight excluding hydrogens is 517 g/mol. The summed E-state index contributed by atoms with van der Waals surface area (Å²) in [5.74, 6) is -0.166. The molecule has 0 spiro atoms. The Balaban J connectivity index is 1.61. The number of nitrogens with one attached hydrogen (secondary N) is 1. The maximum absolute atomic E-state index is 13.9. The van der Waals surface area contributed by atoms with E-state index in [1.54, 1.807) is 12.3 Å². The van der Waals surface area contributed by atoms with Gasteiger partial charge in [0.15, 0.2) is 0 Å². The first kappa shape index (κ1) is 30.4. The molecule has 218 valence electrons. The maximum Gasteiger partial charge on any atom is 0.251 e. The molecule has 3 aromatic rings. The summed E-state index contributed by atoms with van der Waals surface area (Å²) in [5, 5.41) is 3.13. The van der Waals surface area contributed by atoms with E-state index in [9.17, 15) is 18.8 Å². The Kier molecular flexibility index (Phi) is 9.92. The quantitative estimate of drug-likeness (QED) is 0.307. The van der Waals surface area contributed by atoms with Crippen molar-refractivity contribution in [1.82, 2.24) is 14.8 Å². The van der Waals surface area contributed by atoms with Gasteiger partial charge in [-0.2, -0.15) is 0 Å². The van der Waals surface area contributed by atoms with E-state index in [0.29, 0.717) is 32.5 Å². The molecule has 1 fully saturated rings. The number of likely N-dealkylation sites (tertiary alicyclic amines) is 1. The second-order valence-electron chi connectivity index (χ2n) is 11.9. The highest BCUT2D eigenvalue weighted by Crippen LogP contribution is 2.30. The fourth-order valence-electron chi connectivity index (χ4n) is 5.70. The van der Waals surface area contributed by atoms with Crippen molar-refractivity contribution in [3.05, 3.63) is 93.4 Å². The van der Waals surface area contributed by atoms with E-state index in [0.717, 1.165) is 33.4 Å². The lowest BCUT2D eigenvalue weighted by atomic mass is 9.92. The minimum atomic E-state index is -0.757. The summed E-state index contributed by atoms with van der Waals surface area (Å²) in [6.07, 6.45) is 2.30. The molecule has 1 saturated heterocycles. The number of aromatic nitrogens is 1. The molecule has 41 heavy (non-hydrogen) atoms. The monoisotopic (exact) mass is 559 g/mol. The Bertz CT molecular complexity index is 1420. The number of aryl methyl sites for hydroxylation is 2. The predicted molar refractivity (Wildman–Crippen MR) is 162 cm³/mol. The topological polar surface area (TPSA) is 71.4 Å². The molecular formula is C34H42FN3O3. The van der Waals surface area contributed by atoms with Gasteiger partial charge in [0.1, 0.15) is 18.0 Å². The van der Waals surface area contributed by atoms with Gasteiger partial charge in [0.25, 0.3) is 5.56 Å². The molecule has 1 amide bonds. The van der Waals surface area contributed by atoms with Crippen molar-refractivity contribution in [3.8, 4) is 11.1 Å². The number of carbonyl (C=O) groups excluding carboxylic acids is 2. The number of Topliss-reactive ketones (excluding diaryl/α,β-unsaturated/α-hetero) is 1. The molecule has 0 saturated carbocycles. The number of benzene rings is 2. The average Bonchev–Trinajstić information content (AvgIpc) is 2.89. The van der Waals surface area contributed by atoms with E-state index in [4.69, 9.17) is 0 Å². The van der Waals surface area contributed by atoms with Crippen molar-refractivity contribution in [2.24, 2.45) is 5.92 Å². The van der Waals surface area contributed by atoms with Gasteiger partial charge < -0.3 is 9.88 Å². The van der Waals surface area contributed by atoms with E-state index in [1.807, 2.05) is 49.1 Å². The minimum Gasteiger partial charge on any atom is -0.347 e. The van der Waals surface area contributed by atoms with Gasteiger partial charge in [0.2, 0.25) is 5.91 Å². The Morgan fingerprint density at radius 2 is 1.71 bits per heavy atom. The molecule has 2 heterocycles. The molecule has 1 aliphatic rings. The van der Waals surface area contributed by atoms with Crippen LogP contribution in [0.3, 0.4) is 0 Å². The zero-order chi connectivity index (χ0) is 29.7. The molecule has 4 rings (SSSR count). The van der Waals surface area contributed by atoms with E-state index in [1.165, 1.54) is 17.6 Å². The molecule has 2 aromatic carbocycles. The zero-order valence-electron chi connectivity index (χ0n) is 24.8. The Hall–Kier alpha value is -3.58. The molecule has 7 heteroatoms. The first-order valence-corrected chi connectivity index (χ1v) is 14.6. The van der Waals surface area contributed by atoms with Gasteiger partial charge in [-0.05, 0) is 79.0 Å². The van der Waals surface area contributed by atoms with Crippen LogP contribution in [-0.2, 0) is 16.0 Å². The molecule has 1 unspecified atom stereocenters. The third-order valence-electron chi connectivity index (χ3n) is 7.83. The fraction of sp³-hybridized carbons (Fsp3) is 0.441. The lowest BCUT2D eigenvalue weighted by Gasteiger charge is -2.34. The van der Waals surface area contributed by atoms with Crippen LogP contribution in [0.25, 0.3) is 11.1 Å². The number of nitrogens with zero attached hydrogens (tertiary/aromatic N) is 2. The van der Waals surface area contributed by atoms with Gasteiger partial charge in [-0.25, -0.2) is 4.39 Å². The summed E-state index contributed by atoms with van der Waals surface area (Å²) in [7, 11) is 0. The average molecular weight is 560 g/mol. The summed E-state index contributed by atoms with van der Waals surface area (Å²) >= 11 is 0. The van der Waals surface area contributed by atoms with Crippen molar-refractivity contribution in [1.29, 1.82) is 0 Å². The summed E-state index contributed by atoms with van der Waals surface area (Å²) in [4.78, 5) is 41.3. The third-order valence-corrected chi connectivity index (χ3v) is 7.83. The Morgan fingerprint density at radius 3 is 2.34 bits per heavy atom. The number of ketones is 1. The van der Waals surface area contributed by atoms with Crippen LogP contribution in [-0.4, -0.2) is 47.0 Å². The van der Waals surface area contributed by atoms with Crippen molar-refractivity contribution in [3.63, 3.8) is 0 Å². The van der Waals surface area contributed by atoms with Gasteiger partial charge >= 0.3 is 0 Å². The summed E-state index contributed by atoms with van der Waals surface area (Å²) in [5.41, 5.74) is 6.01. The second kappa shape index (κ2) is 13.4. The molecule has 1 aromatic heterocycles. The van der Waals surface area contributed by atoms with Crippen LogP contribution >= 0.6 is 0 Å². The normalized spacial score (nSPS) is 15.4. The van der Waals surface area contributed by atoms with E-state index < -0.39 is 18.3 Å². The van der Waals surface area contributed by atoms with Crippen molar-refractivity contribution < 1.29 is 14.0 Å². The number of alkyl halides is 1. The fourth-order valence-corrected chi connectivity index (χ4v) is 5.70. The summed E-state index contributed by atoms with van der Waals surface area (Å²) in [6.45, 7) is 11.3. The standard InChI is InChI=1S/C34H42FN3O3/c1-22(2)16-31(38-19-26(12-13-32(38)40)14-15-37-20-29(35)21-37)34(41)36-30(17-25(5)39)27-10-7-11-28(18-27)33-23(3)8-6-9-24(33)4/h6-13,18-19,22,29-31H,14-17,20-21H2,1-5H3,(H,36,41)/t30-,31?/m0/s1. The van der Waals surface area contributed by atoms with Gasteiger partial charge in [0.05, 0.1) is 6.04 Å². The zero-order valence-corrected chi connectivity index (χ0v) is 24.8. The van der Waals surface area contributed by atoms with Crippen LogP contribution in [0.15, 0.2) is 65.6 Å². The first-order chi connectivity index (χ1) is 19.5. The van der Waals surface area contributed by atoms with Gasteiger partial charge in [0, 0.05) is 38.3 Å². The molecule has 1 N–H and O–H groups in total. The highest BCUT2D eigenvalue weighted by atomic mass is 19.1. The number of hydrogen-bond donors (Lipinski definition) is 1. The van der Waals surface area contributed by atoms with E-state index in [-0.39, 0.29) is 29.6 Å². The molecule has 0 aliphatic carbocycles. The number of amides is 1. The summed E-state index contributed by atoms with van der Waals surface area (Å²) < 4.78 is 14.7. The van der Waals surface area contributed by atoms with Crippen LogP contribution in [0.4, 0.5) is 4.39 Å². The first-order valence-electron chi connectivity index (χ1n) is 14.6. The Labute approximate surface area is 242 Å². The summed E-state index contributed by atoms with van der Waals surface area (Å²) in [6, 6.07) is 16.2. The highest BCUT2D eigenvalue weighted by molar-refractivity contribution is 5.83. The van der Waals surface area contributed by atoms with E-state index >= 15 is 0 Å². The second-order valence-corrected chi connectivity index (χ2v) is 11.9. The van der Waals surface area contributed by atoms with Crippen LogP contribution in [0.5, 0.6) is 0 Å².